The van der Waals surface area contributed by atoms with Crippen LogP contribution in [0.1, 0.15) is 20.9 Å². The predicted molar refractivity (Wildman–Crippen MR) is 112 cm³/mol. The minimum Gasteiger partial charge on any atom is -0.493 e. The summed E-state index contributed by atoms with van der Waals surface area (Å²) < 4.78 is 22.8. The summed E-state index contributed by atoms with van der Waals surface area (Å²) in [7, 11) is 3.06. The van der Waals surface area contributed by atoms with Gasteiger partial charge >= 0.3 is 4.87 Å². The lowest BCUT2D eigenvalue weighted by Gasteiger charge is -2.10. The number of fused-ring (bicyclic) bond motifs is 1. The first kappa shape index (κ1) is 19.8. The van der Waals surface area contributed by atoms with Gasteiger partial charge in [0, 0.05) is 17.4 Å². The van der Waals surface area contributed by atoms with Gasteiger partial charge in [0.2, 0.25) is 6.79 Å². The van der Waals surface area contributed by atoms with Gasteiger partial charge in [-0.3, -0.25) is 14.2 Å². The Morgan fingerprint density at radius 2 is 1.87 bits per heavy atom. The monoisotopic (exact) mass is 428 g/mol. The molecule has 1 aromatic heterocycles. The van der Waals surface area contributed by atoms with E-state index in [2.05, 4.69) is 5.32 Å². The highest BCUT2D eigenvalue weighted by molar-refractivity contribution is 7.11. The molecular formula is C21H20N2O6S. The van der Waals surface area contributed by atoms with Crippen LogP contribution in [0.4, 0.5) is 5.69 Å². The van der Waals surface area contributed by atoms with Crippen molar-refractivity contribution in [1.29, 1.82) is 0 Å². The summed E-state index contributed by atoms with van der Waals surface area (Å²) in [5.74, 6) is 2.04. The molecule has 0 aliphatic carbocycles. The number of nitrogens with one attached hydrogen (secondary N) is 1. The number of thiazole rings is 1. The molecule has 3 aromatic rings. The number of benzene rings is 2. The molecular weight excluding hydrogens is 408 g/mol. The van der Waals surface area contributed by atoms with E-state index in [4.69, 9.17) is 18.9 Å². The lowest BCUT2D eigenvalue weighted by atomic mass is 10.2. The van der Waals surface area contributed by atoms with E-state index in [0.717, 1.165) is 16.9 Å². The highest BCUT2D eigenvalue weighted by atomic mass is 32.1. The molecule has 0 saturated carbocycles. The topological polar surface area (TPSA) is 88.0 Å². The van der Waals surface area contributed by atoms with Crippen molar-refractivity contribution in [1.82, 2.24) is 4.57 Å². The van der Waals surface area contributed by atoms with Crippen LogP contribution >= 0.6 is 11.3 Å². The van der Waals surface area contributed by atoms with Gasteiger partial charge in [0.1, 0.15) is 4.88 Å². The third-order valence-electron chi connectivity index (χ3n) is 4.77. The van der Waals surface area contributed by atoms with Crippen LogP contribution < -0.4 is 29.1 Å². The minimum absolute atomic E-state index is 0.191. The van der Waals surface area contributed by atoms with E-state index >= 15 is 0 Å². The Balaban J connectivity index is 1.56. The quantitative estimate of drug-likeness (QED) is 0.648. The zero-order valence-electron chi connectivity index (χ0n) is 16.7. The number of rotatable bonds is 6. The third-order valence-corrected chi connectivity index (χ3v) is 5.85. The van der Waals surface area contributed by atoms with Crippen LogP contribution in [0, 0.1) is 6.92 Å². The van der Waals surface area contributed by atoms with Crippen molar-refractivity contribution < 1.29 is 23.7 Å². The van der Waals surface area contributed by atoms with Crippen LogP contribution in [0.3, 0.4) is 0 Å². The van der Waals surface area contributed by atoms with Crippen LogP contribution in [0.2, 0.25) is 0 Å². The Labute approximate surface area is 176 Å². The van der Waals surface area contributed by atoms with E-state index in [1.54, 1.807) is 36.8 Å². The Morgan fingerprint density at radius 3 is 2.63 bits per heavy atom. The Hall–Kier alpha value is -3.46. The zero-order valence-corrected chi connectivity index (χ0v) is 17.5. The standard InChI is InChI=1S/C21H20N2O6S/c1-12-19(20(24)22-14-5-7-15(26-2)17(9-14)27-3)30-21(25)23(12)10-13-4-6-16-18(8-13)29-11-28-16/h4-9H,10-11H2,1-3H3,(H,22,24). The van der Waals surface area contributed by atoms with Gasteiger partial charge in [-0.05, 0) is 36.8 Å². The number of ether oxygens (including phenoxy) is 4. The number of aromatic nitrogens is 1. The van der Waals surface area contributed by atoms with Crippen molar-refractivity contribution in [3.8, 4) is 23.0 Å². The summed E-state index contributed by atoms with van der Waals surface area (Å²) in [6, 6.07) is 10.6. The van der Waals surface area contributed by atoms with Crippen LogP contribution in [0.5, 0.6) is 23.0 Å². The first-order valence-electron chi connectivity index (χ1n) is 9.12. The van der Waals surface area contributed by atoms with Crippen LogP contribution in [0.15, 0.2) is 41.2 Å². The molecule has 2 aromatic carbocycles. The van der Waals surface area contributed by atoms with E-state index in [9.17, 15) is 9.59 Å². The second-order valence-corrected chi connectivity index (χ2v) is 7.54. The highest BCUT2D eigenvalue weighted by Crippen LogP contribution is 2.33. The summed E-state index contributed by atoms with van der Waals surface area (Å²) in [5, 5.41) is 2.81. The van der Waals surface area contributed by atoms with Gasteiger partial charge in [-0.1, -0.05) is 17.4 Å². The molecule has 4 rings (SSSR count). The molecule has 9 heteroatoms. The fourth-order valence-electron chi connectivity index (χ4n) is 3.19. The summed E-state index contributed by atoms with van der Waals surface area (Å²) in [6.45, 7) is 2.28. The van der Waals surface area contributed by atoms with E-state index < -0.39 is 0 Å². The van der Waals surface area contributed by atoms with Gasteiger partial charge in [-0.15, -0.1) is 0 Å². The predicted octanol–water partition coefficient (Wildman–Crippen LogP) is 3.26. The third kappa shape index (κ3) is 3.71. The molecule has 1 N–H and O–H groups in total. The number of carbonyl (C=O) groups excluding carboxylic acids is 1. The van der Waals surface area contributed by atoms with Gasteiger partial charge in [-0.25, -0.2) is 0 Å². The zero-order chi connectivity index (χ0) is 21.3. The molecule has 8 nitrogen and oxygen atoms in total. The van der Waals surface area contributed by atoms with Crippen molar-refractivity contribution in [2.75, 3.05) is 26.3 Å². The van der Waals surface area contributed by atoms with Crippen LogP contribution in [-0.4, -0.2) is 31.5 Å². The molecule has 1 aliphatic rings. The molecule has 0 atom stereocenters. The second kappa shape index (κ2) is 8.11. The molecule has 0 saturated heterocycles. The van der Waals surface area contributed by atoms with Crippen LogP contribution in [-0.2, 0) is 6.54 Å². The first-order chi connectivity index (χ1) is 14.5. The van der Waals surface area contributed by atoms with Crippen molar-refractivity contribution in [2.45, 2.75) is 13.5 Å². The first-order valence-corrected chi connectivity index (χ1v) is 9.94. The van der Waals surface area contributed by atoms with Gasteiger partial charge in [0.05, 0.1) is 20.8 Å². The van der Waals surface area contributed by atoms with Crippen LogP contribution in [0.25, 0.3) is 0 Å². The fourth-order valence-corrected chi connectivity index (χ4v) is 4.08. The maximum Gasteiger partial charge on any atom is 0.308 e. The summed E-state index contributed by atoms with van der Waals surface area (Å²) in [5.41, 5.74) is 2.02. The van der Waals surface area contributed by atoms with E-state index in [1.807, 2.05) is 18.2 Å². The van der Waals surface area contributed by atoms with Crippen molar-refractivity contribution in [3.63, 3.8) is 0 Å². The lowest BCUT2D eigenvalue weighted by molar-refractivity contribution is 0.102. The highest BCUT2D eigenvalue weighted by Gasteiger charge is 2.20. The van der Waals surface area contributed by atoms with Gasteiger partial charge in [0.15, 0.2) is 23.0 Å². The minimum atomic E-state index is -0.355. The largest absolute Gasteiger partial charge is 0.493 e. The normalized spacial score (nSPS) is 12.0. The molecule has 30 heavy (non-hydrogen) atoms. The Kier molecular flexibility index (Phi) is 5.37. The van der Waals surface area contributed by atoms with Gasteiger partial charge in [0.25, 0.3) is 5.91 Å². The lowest BCUT2D eigenvalue weighted by Crippen LogP contribution is -2.16. The number of hydrogen-bond donors (Lipinski definition) is 1. The number of carbonyl (C=O) groups is 1. The molecule has 0 fully saturated rings. The smallest absolute Gasteiger partial charge is 0.308 e. The van der Waals surface area contributed by atoms with Crippen molar-refractivity contribution in [3.05, 3.63) is 62.2 Å². The maximum atomic E-state index is 12.8. The molecule has 2 heterocycles. The van der Waals surface area contributed by atoms with E-state index in [0.29, 0.717) is 45.8 Å². The Morgan fingerprint density at radius 1 is 1.10 bits per heavy atom. The van der Waals surface area contributed by atoms with Crippen molar-refractivity contribution >= 4 is 22.9 Å². The molecule has 156 valence electrons. The number of anilines is 1. The number of amides is 1. The number of nitrogens with zero attached hydrogens (tertiary/aromatic N) is 1. The summed E-state index contributed by atoms with van der Waals surface area (Å²) in [6.07, 6.45) is 0. The van der Waals surface area contributed by atoms with Crippen molar-refractivity contribution in [2.24, 2.45) is 0 Å². The summed E-state index contributed by atoms with van der Waals surface area (Å²) in [4.78, 5) is 25.5. The molecule has 1 amide bonds. The molecule has 0 radical (unpaired) electrons. The van der Waals surface area contributed by atoms with E-state index in [-0.39, 0.29) is 17.6 Å². The molecule has 0 bridgehead atoms. The average molecular weight is 428 g/mol. The number of methoxy groups -OCH3 is 2. The fraction of sp³-hybridized carbons (Fsp3) is 0.238. The summed E-state index contributed by atoms with van der Waals surface area (Å²) >= 11 is 0.914. The average Bonchev–Trinajstić information content (AvgIpc) is 3.33. The molecule has 0 spiro atoms. The second-order valence-electron chi connectivity index (χ2n) is 6.58. The maximum absolute atomic E-state index is 12.8. The van der Waals surface area contributed by atoms with Gasteiger partial charge in [-0.2, -0.15) is 0 Å². The SMILES string of the molecule is COc1ccc(NC(=O)c2sc(=O)n(Cc3ccc4c(c3)OCO4)c2C)cc1OC. The van der Waals surface area contributed by atoms with E-state index in [1.165, 1.54) is 7.11 Å². The Bertz CT molecular complexity index is 1170. The number of hydrogen-bond acceptors (Lipinski definition) is 7. The molecule has 0 unspecified atom stereocenters. The van der Waals surface area contributed by atoms with Gasteiger partial charge < -0.3 is 24.3 Å². The molecule has 1 aliphatic heterocycles.